The van der Waals surface area contributed by atoms with Crippen LogP contribution in [0.5, 0.6) is 0 Å². The number of methoxy groups -OCH3 is 1. The van der Waals surface area contributed by atoms with Crippen molar-refractivity contribution in [1.29, 1.82) is 0 Å². The summed E-state index contributed by atoms with van der Waals surface area (Å²) in [4.78, 5) is 10.9. The summed E-state index contributed by atoms with van der Waals surface area (Å²) in [7, 11) is 1.40. The van der Waals surface area contributed by atoms with Gasteiger partial charge in [-0.05, 0) is 36.4 Å². The maximum absolute atomic E-state index is 10.9. The van der Waals surface area contributed by atoms with Crippen LogP contribution in [0.15, 0.2) is 24.3 Å². The minimum atomic E-state index is -0.220. The van der Waals surface area contributed by atoms with Gasteiger partial charge in [-0.15, -0.1) is 0 Å². The molecule has 1 atom stereocenters. The Labute approximate surface area is 110 Å². The number of nitrogens with one attached hydrogen (secondary N) is 1. The van der Waals surface area contributed by atoms with Crippen LogP contribution in [0.25, 0.3) is 0 Å². The minimum absolute atomic E-state index is 0.220. The van der Waals surface area contributed by atoms with Crippen molar-refractivity contribution < 1.29 is 9.53 Å². The minimum Gasteiger partial charge on any atom is -0.468 e. The fourth-order valence-corrected chi connectivity index (χ4v) is 1.74. The summed E-state index contributed by atoms with van der Waals surface area (Å²) in [6.07, 6.45) is 2.10. The van der Waals surface area contributed by atoms with Crippen LogP contribution in [0, 0.1) is 0 Å². The Bertz CT molecular complexity index is 359. The quantitative estimate of drug-likeness (QED) is 0.596. The van der Waals surface area contributed by atoms with E-state index in [2.05, 4.69) is 48.2 Å². The van der Waals surface area contributed by atoms with E-state index >= 15 is 0 Å². The molecule has 0 saturated carbocycles. The Balaban J connectivity index is 2.33. The average Bonchev–Trinajstić information content (AvgIpc) is 2.43. The Hall–Kier alpha value is -1.35. The van der Waals surface area contributed by atoms with Gasteiger partial charge in [0.1, 0.15) is 0 Å². The van der Waals surface area contributed by atoms with Crippen molar-refractivity contribution in [1.82, 2.24) is 5.32 Å². The Morgan fingerprint density at radius 2 is 2.00 bits per heavy atom. The highest BCUT2D eigenvalue weighted by atomic mass is 16.5. The van der Waals surface area contributed by atoms with Gasteiger partial charge >= 0.3 is 5.97 Å². The Kier molecular flexibility index (Phi) is 6.44. The molecule has 0 fully saturated rings. The molecule has 0 amide bonds. The standard InChI is InChI=1S/C15H23NO2/c1-4-12(2)14-7-5-13(6-8-14)9-10-16-11-15(17)18-3/h5-8,12,16H,4,9-11H2,1-3H3. The van der Waals surface area contributed by atoms with Crippen molar-refractivity contribution in [3.63, 3.8) is 0 Å². The number of hydrogen-bond acceptors (Lipinski definition) is 3. The highest BCUT2D eigenvalue weighted by Crippen LogP contribution is 2.18. The first-order valence-corrected chi connectivity index (χ1v) is 6.53. The zero-order valence-corrected chi connectivity index (χ0v) is 11.5. The third kappa shape index (κ3) is 4.88. The van der Waals surface area contributed by atoms with Crippen LogP contribution < -0.4 is 5.32 Å². The van der Waals surface area contributed by atoms with Gasteiger partial charge in [0.25, 0.3) is 0 Å². The molecular weight excluding hydrogens is 226 g/mol. The van der Waals surface area contributed by atoms with Crippen LogP contribution in [-0.4, -0.2) is 26.2 Å². The monoisotopic (exact) mass is 249 g/mol. The first-order chi connectivity index (χ1) is 8.67. The topological polar surface area (TPSA) is 38.3 Å². The SMILES string of the molecule is CCC(C)c1ccc(CCNCC(=O)OC)cc1. The molecule has 1 aromatic carbocycles. The Morgan fingerprint density at radius 1 is 1.33 bits per heavy atom. The molecule has 0 aliphatic rings. The van der Waals surface area contributed by atoms with Crippen molar-refractivity contribution in [2.45, 2.75) is 32.6 Å². The molecule has 100 valence electrons. The lowest BCUT2D eigenvalue weighted by Crippen LogP contribution is -2.25. The summed E-state index contributed by atoms with van der Waals surface area (Å²) >= 11 is 0. The number of carbonyl (C=O) groups is 1. The summed E-state index contributed by atoms with van der Waals surface area (Å²) in [5.74, 6) is 0.401. The van der Waals surface area contributed by atoms with Gasteiger partial charge in [-0.1, -0.05) is 38.1 Å². The van der Waals surface area contributed by atoms with Gasteiger partial charge < -0.3 is 10.1 Å². The molecule has 0 aliphatic carbocycles. The molecule has 0 heterocycles. The maximum atomic E-state index is 10.9. The second-order valence-corrected chi connectivity index (χ2v) is 4.55. The molecule has 18 heavy (non-hydrogen) atoms. The van der Waals surface area contributed by atoms with Crippen LogP contribution in [-0.2, 0) is 16.0 Å². The summed E-state index contributed by atoms with van der Waals surface area (Å²) in [6, 6.07) is 8.73. The molecule has 1 N–H and O–H groups in total. The molecule has 0 bridgehead atoms. The van der Waals surface area contributed by atoms with Gasteiger partial charge in [-0.3, -0.25) is 4.79 Å². The fourth-order valence-electron chi connectivity index (χ4n) is 1.74. The highest BCUT2D eigenvalue weighted by Gasteiger charge is 2.02. The number of benzene rings is 1. The van der Waals surface area contributed by atoms with Gasteiger partial charge in [0.05, 0.1) is 13.7 Å². The number of ether oxygens (including phenoxy) is 1. The number of hydrogen-bond donors (Lipinski definition) is 1. The van der Waals surface area contributed by atoms with E-state index in [1.54, 1.807) is 0 Å². The van der Waals surface area contributed by atoms with Gasteiger partial charge in [-0.2, -0.15) is 0 Å². The lowest BCUT2D eigenvalue weighted by Gasteiger charge is -2.10. The molecule has 0 radical (unpaired) electrons. The lowest BCUT2D eigenvalue weighted by atomic mass is 9.97. The van der Waals surface area contributed by atoms with Gasteiger partial charge in [-0.25, -0.2) is 0 Å². The van der Waals surface area contributed by atoms with E-state index in [9.17, 15) is 4.79 Å². The first-order valence-electron chi connectivity index (χ1n) is 6.53. The van der Waals surface area contributed by atoms with Gasteiger partial charge in [0.15, 0.2) is 0 Å². The van der Waals surface area contributed by atoms with E-state index in [0.717, 1.165) is 13.0 Å². The molecule has 1 unspecified atom stereocenters. The van der Waals surface area contributed by atoms with Crippen molar-refractivity contribution in [2.24, 2.45) is 0 Å². The lowest BCUT2D eigenvalue weighted by molar-refractivity contribution is -0.139. The molecule has 0 aliphatic heterocycles. The molecule has 1 aromatic rings. The van der Waals surface area contributed by atoms with Crippen LogP contribution in [0.3, 0.4) is 0 Å². The summed E-state index contributed by atoms with van der Waals surface area (Å²) in [5, 5.41) is 3.06. The first kappa shape index (κ1) is 14.7. The van der Waals surface area contributed by atoms with E-state index in [4.69, 9.17) is 0 Å². The average molecular weight is 249 g/mol. The molecule has 3 nitrogen and oxygen atoms in total. The normalized spacial score (nSPS) is 12.2. The van der Waals surface area contributed by atoms with E-state index in [-0.39, 0.29) is 12.5 Å². The van der Waals surface area contributed by atoms with E-state index in [1.165, 1.54) is 24.7 Å². The predicted octanol–water partition coefficient (Wildman–Crippen LogP) is 2.51. The predicted molar refractivity (Wildman–Crippen MR) is 73.7 cm³/mol. The van der Waals surface area contributed by atoms with Crippen molar-refractivity contribution in [3.05, 3.63) is 35.4 Å². The summed E-state index contributed by atoms with van der Waals surface area (Å²) < 4.78 is 4.56. The van der Waals surface area contributed by atoms with E-state index < -0.39 is 0 Å². The summed E-state index contributed by atoms with van der Waals surface area (Å²) in [5.41, 5.74) is 2.68. The maximum Gasteiger partial charge on any atom is 0.319 e. The van der Waals surface area contributed by atoms with Gasteiger partial charge in [0.2, 0.25) is 0 Å². The molecule has 1 rings (SSSR count). The number of rotatable bonds is 7. The molecule has 0 saturated heterocycles. The molecular formula is C15H23NO2. The van der Waals surface area contributed by atoms with Crippen molar-refractivity contribution in [2.75, 3.05) is 20.2 Å². The largest absolute Gasteiger partial charge is 0.468 e. The van der Waals surface area contributed by atoms with E-state index in [0.29, 0.717) is 5.92 Å². The van der Waals surface area contributed by atoms with E-state index in [1.807, 2.05) is 0 Å². The molecule has 3 heteroatoms. The van der Waals surface area contributed by atoms with Crippen LogP contribution in [0.1, 0.15) is 37.3 Å². The second-order valence-electron chi connectivity index (χ2n) is 4.55. The number of carbonyl (C=O) groups excluding carboxylic acids is 1. The van der Waals surface area contributed by atoms with Crippen molar-refractivity contribution >= 4 is 5.97 Å². The van der Waals surface area contributed by atoms with Crippen LogP contribution >= 0.6 is 0 Å². The number of esters is 1. The Morgan fingerprint density at radius 3 is 2.56 bits per heavy atom. The van der Waals surface area contributed by atoms with Gasteiger partial charge in [0, 0.05) is 0 Å². The second kappa shape index (κ2) is 7.88. The van der Waals surface area contributed by atoms with Crippen LogP contribution in [0.2, 0.25) is 0 Å². The molecule has 0 aromatic heterocycles. The molecule has 0 spiro atoms. The smallest absolute Gasteiger partial charge is 0.319 e. The van der Waals surface area contributed by atoms with Crippen LogP contribution in [0.4, 0.5) is 0 Å². The summed E-state index contributed by atoms with van der Waals surface area (Å²) in [6.45, 7) is 5.52. The zero-order chi connectivity index (χ0) is 13.4. The fraction of sp³-hybridized carbons (Fsp3) is 0.533. The zero-order valence-electron chi connectivity index (χ0n) is 11.5. The van der Waals surface area contributed by atoms with Crippen molar-refractivity contribution in [3.8, 4) is 0 Å². The highest BCUT2D eigenvalue weighted by molar-refractivity contribution is 5.71. The third-order valence-corrected chi connectivity index (χ3v) is 3.25. The third-order valence-electron chi connectivity index (χ3n) is 3.25.